The third kappa shape index (κ3) is 3.95. The fraction of sp³-hybridized carbons (Fsp3) is 0.310. The zero-order valence-corrected chi connectivity index (χ0v) is 19.0. The lowest BCUT2D eigenvalue weighted by Gasteiger charge is -2.52. The lowest BCUT2D eigenvalue weighted by molar-refractivity contribution is 0.0228. The summed E-state index contributed by atoms with van der Waals surface area (Å²) < 4.78 is 5.71. The average Bonchev–Trinajstić information content (AvgIpc) is 2.87. The van der Waals surface area contributed by atoms with Crippen LogP contribution in [0.2, 0.25) is 0 Å². The molecular weight excluding hydrogens is 410 g/mol. The summed E-state index contributed by atoms with van der Waals surface area (Å²) in [7, 11) is 0. The number of carbonyl (C=O) groups excluding carboxylic acids is 2. The molecule has 1 atom stereocenters. The Morgan fingerprint density at radius 1 is 0.848 bits per heavy atom. The highest BCUT2D eigenvalue weighted by Crippen LogP contribution is 2.50. The van der Waals surface area contributed by atoms with E-state index in [4.69, 9.17) is 4.74 Å². The number of esters is 1. The van der Waals surface area contributed by atoms with Crippen LogP contribution < -0.4 is 4.74 Å². The van der Waals surface area contributed by atoms with Gasteiger partial charge >= 0.3 is 5.97 Å². The zero-order chi connectivity index (χ0) is 22.8. The van der Waals surface area contributed by atoms with Gasteiger partial charge in [-0.25, -0.2) is 4.79 Å². The monoisotopic (exact) mass is 439 g/mol. The molecule has 0 radical (unpaired) electrons. The van der Waals surface area contributed by atoms with Crippen molar-refractivity contribution in [2.24, 2.45) is 0 Å². The first-order valence-corrected chi connectivity index (χ1v) is 11.9. The molecular formula is C29H29NO3. The van der Waals surface area contributed by atoms with Crippen LogP contribution in [0.5, 0.6) is 5.75 Å². The van der Waals surface area contributed by atoms with Crippen molar-refractivity contribution in [2.45, 2.75) is 50.5 Å². The Kier molecular flexibility index (Phi) is 5.76. The van der Waals surface area contributed by atoms with E-state index in [2.05, 4.69) is 17.9 Å². The number of nitrogens with zero attached hydrogens (tertiary/aromatic N) is 1. The highest BCUT2D eigenvalue weighted by molar-refractivity contribution is 5.95. The summed E-state index contributed by atoms with van der Waals surface area (Å²) in [6.45, 7) is 2.82. The van der Waals surface area contributed by atoms with Crippen molar-refractivity contribution < 1.29 is 14.3 Å². The van der Waals surface area contributed by atoms with Crippen LogP contribution in [0, 0.1) is 0 Å². The van der Waals surface area contributed by atoms with Crippen LogP contribution in [0.3, 0.4) is 0 Å². The van der Waals surface area contributed by atoms with Gasteiger partial charge in [0.2, 0.25) is 0 Å². The van der Waals surface area contributed by atoms with Gasteiger partial charge in [-0.15, -0.1) is 0 Å². The van der Waals surface area contributed by atoms with Crippen molar-refractivity contribution in [1.82, 2.24) is 4.90 Å². The number of rotatable bonds is 3. The fourth-order valence-electron chi connectivity index (χ4n) is 5.56. The van der Waals surface area contributed by atoms with Gasteiger partial charge in [0.1, 0.15) is 5.75 Å². The molecule has 1 heterocycles. The number of benzene rings is 3. The molecule has 168 valence electrons. The molecule has 1 unspecified atom stereocenters. The van der Waals surface area contributed by atoms with E-state index < -0.39 is 0 Å². The molecule has 0 aromatic heterocycles. The first kappa shape index (κ1) is 21.4. The Balaban J connectivity index is 1.51. The van der Waals surface area contributed by atoms with Gasteiger partial charge in [-0.3, -0.25) is 4.79 Å². The molecule has 33 heavy (non-hydrogen) atoms. The zero-order valence-electron chi connectivity index (χ0n) is 19.0. The molecule has 1 saturated carbocycles. The summed E-state index contributed by atoms with van der Waals surface area (Å²) in [5.74, 6) is 0.459. The van der Waals surface area contributed by atoms with E-state index in [-0.39, 0.29) is 23.3 Å². The second-order valence-electron chi connectivity index (χ2n) is 9.28. The van der Waals surface area contributed by atoms with Crippen LogP contribution >= 0.6 is 0 Å². The summed E-state index contributed by atoms with van der Waals surface area (Å²) in [6.07, 6.45) is 5.35. The molecule has 3 aromatic carbocycles. The van der Waals surface area contributed by atoms with Crippen LogP contribution in [0.4, 0.5) is 0 Å². The van der Waals surface area contributed by atoms with Gasteiger partial charge in [-0.1, -0.05) is 68.7 Å². The molecule has 4 nitrogen and oxygen atoms in total. The Hall–Kier alpha value is -3.40. The van der Waals surface area contributed by atoms with Gasteiger partial charge < -0.3 is 9.64 Å². The van der Waals surface area contributed by atoms with E-state index in [0.717, 1.165) is 31.2 Å². The molecule has 5 rings (SSSR count). The van der Waals surface area contributed by atoms with Crippen molar-refractivity contribution >= 4 is 11.9 Å². The Morgan fingerprint density at radius 3 is 2.15 bits per heavy atom. The van der Waals surface area contributed by atoms with E-state index in [9.17, 15) is 9.59 Å². The number of ether oxygens (including phenoxy) is 1. The summed E-state index contributed by atoms with van der Waals surface area (Å²) in [4.78, 5) is 28.4. The number of hydrogen-bond donors (Lipinski definition) is 0. The largest absolute Gasteiger partial charge is 0.423 e. The van der Waals surface area contributed by atoms with Gasteiger partial charge in [-0.2, -0.15) is 0 Å². The van der Waals surface area contributed by atoms with Crippen LogP contribution in [0.15, 0.2) is 78.9 Å². The topological polar surface area (TPSA) is 46.6 Å². The highest BCUT2D eigenvalue weighted by atomic mass is 16.5. The molecule has 1 aliphatic carbocycles. The van der Waals surface area contributed by atoms with E-state index in [1.54, 1.807) is 12.1 Å². The fourth-order valence-corrected chi connectivity index (χ4v) is 5.56. The molecule has 1 amide bonds. The van der Waals surface area contributed by atoms with E-state index in [0.29, 0.717) is 17.9 Å². The minimum absolute atomic E-state index is 0.106. The van der Waals surface area contributed by atoms with Gasteiger partial charge in [-0.05, 0) is 66.3 Å². The lowest BCUT2D eigenvalue weighted by Crippen LogP contribution is -2.55. The van der Waals surface area contributed by atoms with Gasteiger partial charge in [0.25, 0.3) is 5.91 Å². The molecule has 4 heteroatoms. The van der Waals surface area contributed by atoms with Gasteiger partial charge in [0, 0.05) is 12.1 Å². The SMILES string of the molecule is CC1CN(C(=O)c2ccccc2)C2(CCCCC2)c2ccc(OC(=O)c3ccccc3)cc21. The van der Waals surface area contributed by atoms with Crippen molar-refractivity contribution in [3.63, 3.8) is 0 Å². The Labute approximate surface area is 195 Å². The summed E-state index contributed by atoms with van der Waals surface area (Å²) in [5.41, 5.74) is 3.38. The van der Waals surface area contributed by atoms with Crippen molar-refractivity contribution in [1.29, 1.82) is 0 Å². The lowest BCUT2D eigenvalue weighted by atomic mass is 9.69. The molecule has 3 aromatic rings. The molecule has 0 saturated heterocycles. The first-order chi connectivity index (χ1) is 16.1. The quantitative estimate of drug-likeness (QED) is 0.354. The molecule has 1 aliphatic heterocycles. The normalized spacial score (nSPS) is 19.1. The molecule has 1 spiro atoms. The predicted molar refractivity (Wildman–Crippen MR) is 128 cm³/mol. The van der Waals surface area contributed by atoms with E-state index >= 15 is 0 Å². The highest BCUT2D eigenvalue weighted by Gasteiger charge is 2.47. The van der Waals surface area contributed by atoms with Crippen molar-refractivity contribution in [3.05, 3.63) is 101 Å². The van der Waals surface area contributed by atoms with Crippen molar-refractivity contribution in [3.8, 4) is 5.75 Å². The number of carbonyl (C=O) groups is 2. The maximum Gasteiger partial charge on any atom is 0.343 e. The molecule has 2 aliphatic rings. The summed E-state index contributed by atoms with van der Waals surface area (Å²) >= 11 is 0. The molecule has 1 fully saturated rings. The molecule has 0 N–H and O–H groups in total. The third-order valence-corrected chi connectivity index (χ3v) is 7.20. The Morgan fingerprint density at radius 2 is 1.48 bits per heavy atom. The van der Waals surface area contributed by atoms with Gasteiger partial charge in [0.05, 0.1) is 11.1 Å². The van der Waals surface area contributed by atoms with Crippen LogP contribution in [-0.2, 0) is 5.54 Å². The van der Waals surface area contributed by atoms with Crippen LogP contribution in [-0.4, -0.2) is 23.3 Å². The van der Waals surface area contributed by atoms with E-state index in [1.807, 2.05) is 60.7 Å². The maximum atomic E-state index is 13.7. The maximum absolute atomic E-state index is 13.7. The third-order valence-electron chi connectivity index (χ3n) is 7.20. The minimum Gasteiger partial charge on any atom is -0.423 e. The Bertz CT molecular complexity index is 1150. The predicted octanol–water partition coefficient (Wildman–Crippen LogP) is 6.32. The number of fused-ring (bicyclic) bond motifs is 2. The smallest absolute Gasteiger partial charge is 0.343 e. The number of hydrogen-bond acceptors (Lipinski definition) is 3. The minimum atomic E-state index is -0.354. The molecule has 0 bridgehead atoms. The average molecular weight is 440 g/mol. The summed E-state index contributed by atoms with van der Waals surface area (Å²) in [6, 6.07) is 24.7. The summed E-state index contributed by atoms with van der Waals surface area (Å²) in [5, 5.41) is 0. The van der Waals surface area contributed by atoms with Crippen LogP contribution in [0.1, 0.15) is 76.8 Å². The second kappa shape index (κ2) is 8.86. The van der Waals surface area contributed by atoms with Crippen LogP contribution in [0.25, 0.3) is 0 Å². The number of amides is 1. The van der Waals surface area contributed by atoms with E-state index in [1.165, 1.54) is 17.5 Å². The van der Waals surface area contributed by atoms with Crippen molar-refractivity contribution in [2.75, 3.05) is 6.54 Å². The van der Waals surface area contributed by atoms with Gasteiger partial charge in [0.15, 0.2) is 0 Å². The standard InChI is InChI=1S/C29H29NO3/c1-21-20-30(27(31)22-11-5-2-6-12-22)29(17-9-4-10-18-29)26-16-15-24(19-25(21)26)33-28(32)23-13-7-3-8-14-23/h2-3,5-8,11-16,19,21H,4,9-10,17-18,20H2,1H3. The first-order valence-electron chi connectivity index (χ1n) is 11.9. The second-order valence-corrected chi connectivity index (χ2v) is 9.28.